The summed E-state index contributed by atoms with van der Waals surface area (Å²) in [5, 5.41) is 9.29. The summed E-state index contributed by atoms with van der Waals surface area (Å²) in [6, 6.07) is 9.29. The summed E-state index contributed by atoms with van der Waals surface area (Å²) in [6.07, 6.45) is 2.41. The number of benzene rings is 1. The first kappa shape index (κ1) is 23.2. The molecule has 3 saturated heterocycles. The summed E-state index contributed by atoms with van der Waals surface area (Å²) in [5.41, 5.74) is 1.64. The van der Waals surface area contributed by atoms with Gasteiger partial charge in [-0.3, -0.25) is 19.3 Å². The lowest BCUT2D eigenvalue weighted by molar-refractivity contribution is -0.142. The number of carbonyl (C=O) groups is 3. The topological polar surface area (TPSA) is 88.0 Å². The van der Waals surface area contributed by atoms with Gasteiger partial charge in [-0.1, -0.05) is 19.1 Å². The Morgan fingerprint density at radius 3 is 2.52 bits per heavy atom. The van der Waals surface area contributed by atoms with E-state index in [1.165, 1.54) is 0 Å². The fourth-order valence-corrected chi connectivity index (χ4v) is 5.60. The summed E-state index contributed by atoms with van der Waals surface area (Å²) in [6.45, 7) is 5.90. The first-order chi connectivity index (χ1) is 15.7. The van der Waals surface area contributed by atoms with Crippen LogP contribution in [0.4, 0.5) is 0 Å². The molecule has 0 radical (unpaired) electrons. The Hall–Kier alpha value is -2.92. The second kappa shape index (κ2) is 9.14. The Morgan fingerprint density at radius 2 is 1.91 bits per heavy atom. The molecule has 0 N–H and O–H groups in total. The van der Waals surface area contributed by atoms with Gasteiger partial charge in [-0.15, -0.1) is 0 Å². The molecule has 0 aliphatic carbocycles. The van der Waals surface area contributed by atoms with Gasteiger partial charge in [0.15, 0.2) is 0 Å². The van der Waals surface area contributed by atoms with Crippen LogP contribution < -0.4 is 0 Å². The molecule has 0 saturated carbocycles. The zero-order valence-electron chi connectivity index (χ0n) is 19.9. The summed E-state index contributed by atoms with van der Waals surface area (Å²) >= 11 is 0. The number of nitriles is 1. The number of rotatable bonds is 6. The predicted molar refractivity (Wildman–Crippen MR) is 123 cm³/mol. The summed E-state index contributed by atoms with van der Waals surface area (Å²) in [5.74, 6) is -0.145. The van der Waals surface area contributed by atoms with E-state index in [9.17, 15) is 19.6 Å². The lowest BCUT2D eigenvalue weighted by Crippen LogP contribution is -2.53. The predicted octanol–water partition coefficient (Wildman–Crippen LogP) is 1.89. The molecule has 8 heteroatoms. The van der Waals surface area contributed by atoms with Gasteiger partial charge in [0.2, 0.25) is 11.8 Å². The highest BCUT2D eigenvalue weighted by Crippen LogP contribution is 2.38. The molecule has 3 amide bonds. The number of carbonyl (C=O) groups excluding carboxylic acids is 3. The number of piperazine rings is 1. The van der Waals surface area contributed by atoms with Gasteiger partial charge in [0.1, 0.15) is 6.04 Å². The monoisotopic (exact) mass is 451 g/mol. The molecule has 3 heterocycles. The molecule has 0 aromatic heterocycles. The van der Waals surface area contributed by atoms with Gasteiger partial charge in [-0.25, -0.2) is 0 Å². The van der Waals surface area contributed by atoms with E-state index in [1.54, 1.807) is 23.9 Å². The standard InChI is InChI=1S/C25H33N5O3/c1-16(23(31)29-11-5-6-20(29)13-26)14-28-15-21-12-22(28)25(33)30(21)17(2)18-7-9-19(10-8-18)24(32)27(3)4/h7-10,16-17,20-22H,5-6,11-12,14-15H2,1-4H3/t16-,17+,20-,21-,22-/m0/s1. The Kier molecular flexibility index (Phi) is 6.44. The first-order valence-electron chi connectivity index (χ1n) is 11.8. The van der Waals surface area contributed by atoms with E-state index in [1.807, 2.05) is 43.0 Å². The molecule has 0 spiro atoms. The van der Waals surface area contributed by atoms with Crippen molar-refractivity contribution in [1.82, 2.24) is 19.6 Å². The third-order valence-electron chi connectivity index (χ3n) is 7.39. The molecule has 1 aromatic rings. The Morgan fingerprint density at radius 1 is 1.21 bits per heavy atom. The SMILES string of the molecule is C[C@H](c1ccc(C(=O)N(C)C)cc1)N1C(=O)[C@@H]2C[C@H]1CN2C[C@H](C)C(=O)N1CCC[C@H]1C#N. The molecule has 4 rings (SSSR count). The average molecular weight is 452 g/mol. The molecular weight excluding hydrogens is 418 g/mol. The number of hydrogen-bond acceptors (Lipinski definition) is 5. The molecule has 8 nitrogen and oxygen atoms in total. The van der Waals surface area contributed by atoms with Gasteiger partial charge in [0.05, 0.1) is 18.2 Å². The van der Waals surface area contributed by atoms with E-state index in [2.05, 4.69) is 11.0 Å². The maximum atomic E-state index is 13.2. The van der Waals surface area contributed by atoms with Crippen LogP contribution in [-0.4, -0.2) is 89.2 Å². The van der Waals surface area contributed by atoms with Crippen LogP contribution in [0, 0.1) is 17.2 Å². The van der Waals surface area contributed by atoms with Crippen LogP contribution >= 0.6 is 0 Å². The maximum Gasteiger partial charge on any atom is 0.253 e. The first-order valence-corrected chi connectivity index (χ1v) is 11.8. The van der Waals surface area contributed by atoms with Crippen LogP contribution in [0.2, 0.25) is 0 Å². The molecule has 2 bridgehead atoms. The zero-order valence-corrected chi connectivity index (χ0v) is 19.9. The van der Waals surface area contributed by atoms with Gasteiger partial charge < -0.3 is 14.7 Å². The number of amides is 3. The summed E-state index contributed by atoms with van der Waals surface area (Å²) < 4.78 is 0. The summed E-state index contributed by atoms with van der Waals surface area (Å²) in [7, 11) is 3.46. The smallest absolute Gasteiger partial charge is 0.253 e. The van der Waals surface area contributed by atoms with Crippen molar-refractivity contribution in [2.75, 3.05) is 33.7 Å². The van der Waals surface area contributed by atoms with Crippen LogP contribution in [-0.2, 0) is 9.59 Å². The Bertz CT molecular complexity index is 969. The number of likely N-dealkylation sites (tertiary alicyclic amines) is 3. The fraction of sp³-hybridized carbons (Fsp3) is 0.600. The molecule has 176 valence electrons. The van der Waals surface area contributed by atoms with Crippen LogP contribution in [0.25, 0.3) is 0 Å². The molecule has 5 atom stereocenters. The van der Waals surface area contributed by atoms with Crippen molar-refractivity contribution in [3.05, 3.63) is 35.4 Å². The van der Waals surface area contributed by atoms with Gasteiger partial charge >= 0.3 is 0 Å². The Labute approximate surface area is 195 Å². The third kappa shape index (κ3) is 4.22. The van der Waals surface area contributed by atoms with Crippen molar-refractivity contribution in [2.45, 2.75) is 57.3 Å². The minimum absolute atomic E-state index is 0.0202. The van der Waals surface area contributed by atoms with E-state index in [0.717, 1.165) is 31.4 Å². The van der Waals surface area contributed by atoms with E-state index in [-0.39, 0.29) is 47.8 Å². The van der Waals surface area contributed by atoms with Crippen molar-refractivity contribution < 1.29 is 14.4 Å². The largest absolute Gasteiger partial charge is 0.345 e. The van der Waals surface area contributed by atoms with E-state index in [0.29, 0.717) is 18.7 Å². The van der Waals surface area contributed by atoms with Crippen LogP contribution in [0.3, 0.4) is 0 Å². The molecule has 3 aliphatic heterocycles. The highest BCUT2D eigenvalue weighted by Gasteiger charge is 2.51. The molecular formula is C25H33N5O3. The quantitative estimate of drug-likeness (QED) is 0.659. The molecule has 33 heavy (non-hydrogen) atoms. The van der Waals surface area contributed by atoms with E-state index < -0.39 is 0 Å². The van der Waals surface area contributed by atoms with Gasteiger partial charge in [-0.05, 0) is 43.9 Å². The highest BCUT2D eigenvalue weighted by atomic mass is 16.2. The number of nitrogens with zero attached hydrogens (tertiary/aromatic N) is 5. The third-order valence-corrected chi connectivity index (χ3v) is 7.39. The fourth-order valence-electron chi connectivity index (χ4n) is 5.60. The van der Waals surface area contributed by atoms with Crippen LogP contribution in [0.15, 0.2) is 24.3 Å². The second-order valence-corrected chi connectivity index (χ2v) is 9.82. The van der Waals surface area contributed by atoms with E-state index in [4.69, 9.17) is 0 Å². The van der Waals surface area contributed by atoms with Crippen molar-refractivity contribution in [2.24, 2.45) is 5.92 Å². The summed E-state index contributed by atoms with van der Waals surface area (Å²) in [4.78, 5) is 45.7. The second-order valence-electron chi connectivity index (χ2n) is 9.82. The van der Waals surface area contributed by atoms with Gasteiger partial charge in [0.25, 0.3) is 5.91 Å². The molecule has 3 fully saturated rings. The number of hydrogen-bond donors (Lipinski definition) is 0. The lowest BCUT2D eigenvalue weighted by atomic mass is 10.0. The van der Waals surface area contributed by atoms with Crippen molar-refractivity contribution >= 4 is 17.7 Å². The minimum Gasteiger partial charge on any atom is -0.345 e. The van der Waals surface area contributed by atoms with Crippen LogP contribution in [0.5, 0.6) is 0 Å². The lowest BCUT2D eigenvalue weighted by Gasteiger charge is -2.38. The number of fused-ring (bicyclic) bond motifs is 2. The van der Waals surface area contributed by atoms with Crippen molar-refractivity contribution in [1.29, 1.82) is 5.26 Å². The minimum atomic E-state index is -0.313. The maximum absolute atomic E-state index is 13.2. The Balaban J connectivity index is 1.38. The zero-order chi connectivity index (χ0) is 23.9. The molecule has 3 aliphatic rings. The van der Waals surface area contributed by atoms with Gasteiger partial charge in [0, 0.05) is 51.3 Å². The van der Waals surface area contributed by atoms with Crippen LogP contribution in [0.1, 0.15) is 55.1 Å². The van der Waals surface area contributed by atoms with Crippen molar-refractivity contribution in [3.63, 3.8) is 0 Å². The normalized spacial score (nSPS) is 26.4. The highest BCUT2D eigenvalue weighted by molar-refractivity contribution is 5.94. The van der Waals surface area contributed by atoms with Gasteiger partial charge in [-0.2, -0.15) is 5.26 Å². The molecule has 1 aromatic carbocycles. The molecule has 0 unspecified atom stereocenters. The van der Waals surface area contributed by atoms with E-state index >= 15 is 0 Å². The van der Waals surface area contributed by atoms with Crippen molar-refractivity contribution in [3.8, 4) is 6.07 Å². The average Bonchev–Trinajstić information content (AvgIpc) is 3.52.